The number of urea groups is 1. The standard InChI is InChI=1S/C15H20N2O4/c1-11(2)7-8-16-15(21)17(9-10-18)13-5-3-12(4-6-13)14(19)20/h3-7,18H,8-10H2,1-2H3,(H,16,21)(H,19,20). The van der Waals surface area contributed by atoms with Crippen LogP contribution in [0.1, 0.15) is 24.2 Å². The van der Waals surface area contributed by atoms with Crippen LogP contribution in [0.2, 0.25) is 0 Å². The van der Waals surface area contributed by atoms with Gasteiger partial charge in [-0.3, -0.25) is 4.90 Å². The first kappa shape index (κ1) is 16.7. The molecule has 2 amide bonds. The Hall–Kier alpha value is -2.34. The molecular formula is C15H20N2O4. The van der Waals surface area contributed by atoms with Crippen molar-refractivity contribution < 1.29 is 19.8 Å². The van der Waals surface area contributed by atoms with Crippen molar-refractivity contribution in [2.45, 2.75) is 13.8 Å². The van der Waals surface area contributed by atoms with Crippen LogP contribution < -0.4 is 10.2 Å². The highest BCUT2D eigenvalue weighted by Gasteiger charge is 2.15. The summed E-state index contributed by atoms with van der Waals surface area (Å²) in [4.78, 5) is 24.3. The Kier molecular flexibility index (Phi) is 6.42. The predicted octanol–water partition coefficient (Wildman–Crippen LogP) is 1.86. The van der Waals surface area contributed by atoms with E-state index in [1.54, 1.807) is 12.1 Å². The second-order valence-electron chi connectivity index (χ2n) is 4.69. The molecule has 0 aliphatic carbocycles. The third-order valence-corrected chi connectivity index (χ3v) is 2.76. The Morgan fingerprint density at radius 3 is 2.33 bits per heavy atom. The van der Waals surface area contributed by atoms with Crippen molar-refractivity contribution in [3.63, 3.8) is 0 Å². The highest BCUT2D eigenvalue weighted by atomic mass is 16.4. The van der Waals surface area contributed by atoms with Gasteiger partial charge in [0.15, 0.2) is 0 Å². The number of hydrogen-bond acceptors (Lipinski definition) is 3. The van der Waals surface area contributed by atoms with Crippen LogP contribution in [0.25, 0.3) is 0 Å². The van der Waals surface area contributed by atoms with Crippen molar-refractivity contribution in [3.05, 3.63) is 41.5 Å². The third-order valence-electron chi connectivity index (χ3n) is 2.76. The lowest BCUT2D eigenvalue weighted by molar-refractivity contribution is 0.0697. The average molecular weight is 292 g/mol. The van der Waals surface area contributed by atoms with E-state index in [0.717, 1.165) is 5.57 Å². The number of amides is 2. The van der Waals surface area contributed by atoms with Crippen molar-refractivity contribution in [1.82, 2.24) is 5.32 Å². The fourth-order valence-corrected chi connectivity index (χ4v) is 1.67. The van der Waals surface area contributed by atoms with E-state index in [1.807, 2.05) is 19.9 Å². The van der Waals surface area contributed by atoms with Crippen LogP contribution in [0, 0.1) is 0 Å². The number of aliphatic hydroxyl groups is 1. The fourth-order valence-electron chi connectivity index (χ4n) is 1.67. The normalized spacial score (nSPS) is 9.86. The number of carboxylic acids is 1. The zero-order chi connectivity index (χ0) is 15.8. The first-order chi connectivity index (χ1) is 9.95. The maximum Gasteiger partial charge on any atom is 0.335 e. The number of anilines is 1. The molecule has 6 heteroatoms. The number of rotatable bonds is 6. The zero-order valence-corrected chi connectivity index (χ0v) is 12.2. The number of carbonyl (C=O) groups is 2. The quantitative estimate of drug-likeness (QED) is 0.698. The van der Waals surface area contributed by atoms with Crippen LogP contribution >= 0.6 is 0 Å². The van der Waals surface area contributed by atoms with Gasteiger partial charge >= 0.3 is 12.0 Å². The highest BCUT2D eigenvalue weighted by Crippen LogP contribution is 2.15. The first-order valence-electron chi connectivity index (χ1n) is 6.58. The van der Waals surface area contributed by atoms with Crippen LogP contribution in [0.4, 0.5) is 10.5 Å². The van der Waals surface area contributed by atoms with Crippen molar-refractivity contribution in [2.24, 2.45) is 0 Å². The number of aromatic carboxylic acids is 1. The molecule has 0 spiro atoms. The van der Waals surface area contributed by atoms with Crippen molar-refractivity contribution in [2.75, 3.05) is 24.6 Å². The lowest BCUT2D eigenvalue weighted by Crippen LogP contribution is -2.41. The van der Waals surface area contributed by atoms with E-state index in [4.69, 9.17) is 10.2 Å². The molecule has 1 aromatic carbocycles. The number of carboxylic acid groups (broad SMARTS) is 1. The number of nitrogens with zero attached hydrogens (tertiary/aromatic N) is 1. The van der Waals surface area contributed by atoms with Gasteiger partial charge in [-0.2, -0.15) is 0 Å². The smallest absolute Gasteiger partial charge is 0.335 e. The number of nitrogens with one attached hydrogen (secondary N) is 1. The molecule has 114 valence electrons. The molecule has 1 aromatic rings. The van der Waals surface area contributed by atoms with Gasteiger partial charge in [0.05, 0.1) is 18.7 Å². The summed E-state index contributed by atoms with van der Waals surface area (Å²) in [5, 5.41) is 20.6. The van der Waals surface area contributed by atoms with E-state index in [9.17, 15) is 9.59 Å². The number of allylic oxidation sites excluding steroid dienone is 1. The molecule has 0 saturated heterocycles. The van der Waals surface area contributed by atoms with Gasteiger partial charge in [0, 0.05) is 12.2 Å². The fraction of sp³-hybridized carbons (Fsp3) is 0.333. The lowest BCUT2D eigenvalue weighted by Gasteiger charge is -2.22. The van der Waals surface area contributed by atoms with Crippen molar-refractivity contribution >= 4 is 17.7 Å². The number of aliphatic hydroxyl groups excluding tert-OH is 1. The van der Waals surface area contributed by atoms with E-state index < -0.39 is 5.97 Å². The van der Waals surface area contributed by atoms with Crippen LogP contribution in [0.5, 0.6) is 0 Å². The van der Waals surface area contributed by atoms with E-state index in [0.29, 0.717) is 12.2 Å². The van der Waals surface area contributed by atoms with Crippen LogP contribution in [0.3, 0.4) is 0 Å². The highest BCUT2D eigenvalue weighted by molar-refractivity contribution is 5.93. The van der Waals surface area contributed by atoms with Gasteiger partial charge in [0.25, 0.3) is 0 Å². The van der Waals surface area contributed by atoms with Gasteiger partial charge in [-0.05, 0) is 38.1 Å². The summed E-state index contributed by atoms with van der Waals surface area (Å²) in [5.41, 5.74) is 1.77. The van der Waals surface area contributed by atoms with Crippen LogP contribution in [-0.2, 0) is 0 Å². The van der Waals surface area contributed by atoms with Gasteiger partial charge in [0.2, 0.25) is 0 Å². The van der Waals surface area contributed by atoms with Crippen LogP contribution in [-0.4, -0.2) is 41.9 Å². The van der Waals surface area contributed by atoms with Gasteiger partial charge in [-0.15, -0.1) is 0 Å². The number of carbonyl (C=O) groups excluding carboxylic acids is 1. The molecule has 0 fully saturated rings. The monoisotopic (exact) mass is 292 g/mol. The first-order valence-corrected chi connectivity index (χ1v) is 6.58. The third kappa shape index (κ3) is 5.27. The Balaban J connectivity index is 2.82. The molecule has 6 nitrogen and oxygen atoms in total. The van der Waals surface area contributed by atoms with E-state index in [-0.39, 0.29) is 24.7 Å². The Morgan fingerprint density at radius 2 is 1.86 bits per heavy atom. The molecule has 1 rings (SSSR count). The molecule has 0 atom stereocenters. The molecule has 0 aliphatic heterocycles. The summed E-state index contributed by atoms with van der Waals surface area (Å²) >= 11 is 0. The van der Waals surface area contributed by atoms with Crippen molar-refractivity contribution in [3.8, 4) is 0 Å². The van der Waals surface area contributed by atoms with Gasteiger partial charge in [0.1, 0.15) is 0 Å². The maximum atomic E-state index is 12.1. The minimum Gasteiger partial charge on any atom is -0.478 e. The molecule has 0 radical (unpaired) electrons. The second kappa shape index (κ2) is 8.06. The predicted molar refractivity (Wildman–Crippen MR) is 80.7 cm³/mol. The summed E-state index contributed by atoms with van der Waals surface area (Å²) in [6.45, 7) is 4.21. The molecule has 21 heavy (non-hydrogen) atoms. The molecule has 0 unspecified atom stereocenters. The van der Waals surface area contributed by atoms with E-state index in [2.05, 4.69) is 5.32 Å². The molecule has 0 heterocycles. The molecule has 0 bridgehead atoms. The molecule has 0 saturated carbocycles. The molecule has 3 N–H and O–H groups in total. The lowest BCUT2D eigenvalue weighted by atomic mass is 10.2. The van der Waals surface area contributed by atoms with Gasteiger partial charge in [-0.1, -0.05) is 11.6 Å². The average Bonchev–Trinajstić information content (AvgIpc) is 2.44. The summed E-state index contributed by atoms with van der Waals surface area (Å²) in [5.74, 6) is -1.02. The Morgan fingerprint density at radius 1 is 1.24 bits per heavy atom. The van der Waals surface area contributed by atoms with Gasteiger partial charge < -0.3 is 15.5 Å². The van der Waals surface area contributed by atoms with Crippen molar-refractivity contribution in [1.29, 1.82) is 0 Å². The minimum absolute atomic E-state index is 0.132. The summed E-state index contributed by atoms with van der Waals surface area (Å²) in [6.07, 6.45) is 1.88. The number of hydrogen-bond donors (Lipinski definition) is 3. The Bertz CT molecular complexity index is 519. The molecule has 0 aliphatic rings. The zero-order valence-electron chi connectivity index (χ0n) is 12.2. The Labute approximate surface area is 123 Å². The van der Waals surface area contributed by atoms with Gasteiger partial charge in [-0.25, -0.2) is 9.59 Å². The second-order valence-corrected chi connectivity index (χ2v) is 4.69. The SMILES string of the molecule is CC(C)=CCNC(=O)N(CCO)c1ccc(C(=O)O)cc1. The van der Waals surface area contributed by atoms with E-state index >= 15 is 0 Å². The van der Waals surface area contributed by atoms with E-state index in [1.165, 1.54) is 17.0 Å². The minimum atomic E-state index is -1.02. The largest absolute Gasteiger partial charge is 0.478 e. The number of benzene rings is 1. The molecule has 0 aromatic heterocycles. The summed E-state index contributed by atoms with van der Waals surface area (Å²) < 4.78 is 0. The summed E-state index contributed by atoms with van der Waals surface area (Å²) in [7, 11) is 0. The topological polar surface area (TPSA) is 89.9 Å². The summed E-state index contributed by atoms with van der Waals surface area (Å²) in [6, 6.07) is 5.58. The maximum absolute atomic E-state index is 12.1. The molecular weight excluding hydrogens is 272 g/mol. The van der Waals surface area contributed by atoms with Crippen LogP contribution in [0.15, 0.2) is 35.9 Å².